The Balaban J connectivity index is 1.87. The van der Waals surface area contributed by atoms with Gasteiger partial charge in [0, 0.05) is 6.07 Å². The lowest BCUT2D eigenvalue weighted by Crippen LogP contribution is -2.35. The van der Waals surface area contributed by atoms with Gasteiger partial charge in [-0.3, -0.25) is 0 Å². The molecule has 1 N–H and O–H groups in total. The molecule has 0 unspecified atom stereocenters. The largest absolute Gasteiger partial charge is 0.503 e. The highest BCUT2D eigenvalue weighted by Crippen LogP contribution is 2.11. The van der Waals surface area contributed by atoms with Crippen LogP contribution in [0.1, 0.15) is 5.56 Å². The summed E-state index contributed by atoms with van der Waals surface area (Å²) in [5.41, 5.74) is 1.19. The van der Waals surface area contributed by atoms with E-state index in [0.29, 0.717) is 13.2 Å². The summed E-state index contributed by atoms with van der Waals surface area (Å²) in [6.07, 6.45) is 3.58. The van der Waals surface area contributed by atoms with E-state index in [9.17, 15) is 5.11 Å². The molecule has 0 bridgehead atoms. The maximum atomic E-state index is 9.30. The fraction of sp³-hybridized carbons (Fsp3) is 0.214. The number of aromatic nitrogens is 1. The summed E-state index contributed by atoms with van der Waals surface area (Å²) in [7, 11) is 0. The molecule has 0 atom stereocenters. The van der Waals surface area contributed by atoms with E-state index < -0.39 is 0 Å². The Bertz CT molecular complexity index is 452. The molecule has 0 saturated heterocycles. The van der Waals surface area contributed by atoms with E-state index in [1.807, 2.05) is 48.0 Å². The van der Waals surface area contributed by atoms with E-state index in [1.54, 1.807) is 12.3 Å². The monoisotopic (exact) mass is 230 g/mol. The fourth-order valence-corrected chi connectivity index (χ4v) is 1.62. The van der Waals surface area contributed by atoms with Gasteiger partial charge in [0.05, 0.1) is 0 Å². The molecule has 1 heterocycles. The third kappa shape index (κ3) is 3.48. The van der Waals surface area contributed by atoms with Crippen molar-refractivity contribution in [2.75, 3.05) is 6.61 Å². The van der Waals surface area contributed by atoms with Gasteiger partial charge in [-0.05, 0) is 30.7 Å². The lowest BCUT2D eigenvalue weighted by molar-refractivity contribution is -0.697. The van der Waals surface area contributed by atoms with E-state index in [2.05, 4.69) is 0 Å². The van der Waals surface area contributed by atoms with Gasteiger partial charge >= 0.3 is 0 Å². The van der Waals surface area contributed by atoms with Gasteiger partial charge in [0.25, 0.3) is 0 Å². The highest BCUT2D eigenvalue weighted by atomic mass is 16.5. The Hall–Kier alpha value is -2.03. The number of hydrogen-bond donors (Lipinski definition) is 1. The Morgan fingerprint density at radius 2 is 2.12 bits per heavy atom. The average molecular weight is 230 g/mol. The van der Waals surface area contributed by atoms with E-state index in [4.69, 9.17) is 4.74 Å². The summed E-state index contributed by atoms with van der Waals surface area (Å²) in [6, 6.07) is 11.4. The molecule has 0 aliphatic carbocycles. The van der Waals surface area contributed by atoms with Gasteiger partial charge in [-0.1, -0.05) is 12.1 Å². The van der Waals surface area contributed by atoms with Crippen LogP contribution in [0, 0.1) is 6.92 Å². The first kappa shape index (κ1) is 11.5. The highest BCUT2D eigenvalue weighted by Gasteiger charge is 2.02. The van der Waals surface area contributed by atoms with Gasteiger partial charge in [0.15, 0.2) is 18.5 Å². The predicted molar refractivity (Wildman–Crippen MR) is 65.0 cm³/mol. The summed E-state index contributed by atoms with van der Waals surface area (Å²) < 4.78 is 7.52. The summed E-state index contributed by atoms with van der Waals surface area (Å²) in [6.45, 7) is 3.33. The molecular weight excluding hydrogens is 214 g/mol. The smallest absolute Gasteiger partial charge is 0.211 e. The lowest BCUT2D eigenvalue weighted by Gasteiger charge is -2.04. The first-order chi connectivity index (χ1) is 8.24. The summed E-state index contributed by atoms with van der Waals surface area (Å²) in [4.78, 5) is 0. The van der Waals surface area contributed by atoms with Crippen LogP contribution in [0.4, 0.5) is 0 Å². The molecule has 0 aliphatic rings. The van der Waals surface area contributed by atoms with Crippen LogP contribution in [0.2, 0.25) is 0 Å². The van der Waals surface area contributed by atoms with Gasteiger partial charge in [-0.15, -0.1) is 0 Å². The molecule has 1 aromatic heterocycles. The second kappa shape index (κ2) is 5.34. The first-order valence-corrected chi connectivity index (χ1v) is 5.61. The Morgan fingerprint density at radius 3 is 2.88 bits per heavy atom. The second-order valence-corrected chi connectivity index (χ2v) is 3.96. The summed E-state index contributed by atoms with van der Waals surface area (Å²) >= 11 is 0. The molecule has 0 radical (unpaired) electrons. The minimum absolute atomic E-state index is 0.267. The molecule has 0 spiro atoms. The molecule has 88 valence electrons. The molecular formula is C14H16NO2+. The molecule has 0 aliphatic heterocycles. The quantitative estimate of drug-likeness (QED) is 0.816. The van der Waals surface area contributed by atoms with Gasteiger partial charge in [-0.2, -0.15) is 4.57 Å². The summed E-state index contributed by atoms with van der Waals surface area (Å²) in [5.74, 6) is 1.15. The van der Waals surface area contributed by atoms with Crippen LogP contribution in [0.5, 0.6) is 11.5 Å². The van der Waals surface area contributed by atoms with E-state index in [-0.39, 0.29) is 5.75 Å². The Morgan fingerprint density at radius 1 is 1.24 bits per heavy atom. The topological polar surface area (TPSA) is 33.3 Å². The van der Waals surface area contributed by atoms with E-state index in [1.165, 1.54) is 5.56 Å². The third-order valence-electron chi connectivity index (χ3n) is 2.45. The highest BCUT2D eigenvalue weighted by molar-refractivity contribution is 5.27. The van der Waals surface area contributed by atoms with Crippen LogP contribution in [-0.4, -0.2) is 11.7 Å². The molecule has 2 aromatic rings. The normalized spacial score (nSPS) is 10.2. The van der Waals surface area contributed by atoms with Crippen molar-refractivity contribution in [2.45, 2.75) is 13.5 Å². The molecule has 0 amide bonds. The van der Waals surface area contributed by atoms with Crippen molar-refractivity contribution in [1.82, 2.24) is 0 Å². The molecule has 3 nitrogen and oxygen atoms in total. The van der Waals surface area contributed by atoms with Crippen LogP contribution >= 0.6 is 0 Å². The average Bonchev–Trinajstić information content (AvgIpc) is 2.29. The van der Waals surface area contributed by atoms with Crippen molar-refractivity contribution in [2.24, 2.45) is 0 Å². The molecule has 0 saturated carbocycles. The zero-order valence-electron chi connectivity index (χ0n) is 9.84. The van der Waals surface area contributed by atoms with Gasteiger partial charge < -0.3 is 9.84 Å². The maximum absolute atomic E-state index is 9.30. The number of hydrogen-bond acceptors (Lipinski definition) is 2. The molecule has 3 heteroatoms. The van der Waals surface area contributed by atoms with Crippen LogP contribution < -0.4 is 9.30 Å². The van der Waals surface area contributed by atoms with Crippen molar-refractivity contribution in [3.8, 4) is 11.5 Å². The fourth-order valence-electron chi connectivity index (χ4n) is 1.62. The lowest BCUT2D eigenvalue weighted by atomic mass is 10.2. The number of benzene rings is 1. The molecule has 17 heavy (non-hydrogen) atoms. The number of nitrogens with zero attached hydrogens (tertiary/aromatic N) is 1. The van der Waals surface area contributed by atoms with E-state index in [0.717, 1.165) is 5.75 Å². The minimum Gasteiger partial charge on any atom is -0.503 e. The maximum Gasteiger partial charge on any atom is 0.211 e. The molecule has 0 fully saturated rings. The van der Waals surface area contributed by atoms with Gasteiger partial charge in [-0.25, -0.2) is 0 Å². The van der Waals surface area contributed by atoms with Gasteiger partial charge in [0.1, 0.15) is 12.4 Å². The number of ether oxygens (including phenoxy) is 1. The minimum atomic E-state index is 0.267. The van der Waals surface area contributed by atoms with E-state index >= 15 is 0 Å². The standard InChI is InChI=1S/C14H15NO2/c1-12-4-2-6-14(10-12)17-9-8-15-7-3-5-13(16)11-15/h2-7,10-11H,8-9H2,1H3/p+1. The molecule has 2 rings (SSSR count). The SMILES string of the molecule is Cc1cccc(OCC[n+]2cccc(O)c2)c1. The first-order valence-electron chi connectivity index (χ1n) is 5.61. The van der Waals surface area contributed by atoms with Crippen molar-refractivity contribution in [3.63, 3.8) is 0 Å². The number of aryl methyl sites for hydroxylation is 1. The zero-order chi connectivity index (χ0) is 12.1. The number of aromatic hydroxyl groups is 1. The third-order valence-corrected chi connectivity index (χ3v) is 2.45. The van der Waals surface area contributed by atoms with Crippen molar-refractivity contribution in [1.29, 1.82) is 0 Å². The zero-order valence-corrected chi connectivity index (χ0v) is 9.84. The Kier molecular flexibility index (Phi) is 3.60. The number of rotatable bonds is 4. The van der Waals surface area contributed by atoms with Crippen molar-refractivity contribution >= 4 is 0 Å². The predicted octanol–water partition coefficient (Wildman–Crippen LogP) is 2.07. The molecule has 1 aromatic carbocycles. The number of pyridine rings is 1. The van der Waals surface area contributed by atoms with Crippen molar-refractivity contribution in [3.05, 3.63) is 54.4 Å². The van der Waals surface area contributed by atoms with Gasteiger partial charge in [0.2, 0.25) is 6.20 Å². The Labute approximate surface area is 101 Å². The van der Waals surface area contributed by atoms with Crippen LogP contribution in [0.15, 0.2) is 48.8 Å². The second-order valence-electron chi connectivity index (χ2n) is 3.96. The van der Waals surface area contributed by atoms with Crippen LogP contribution in [-0.2, 0) is 6.54 Å². The summed E-state index contributed by atoms with van der Waals surface area (Å²) in [5, 5.41) is 9.30. The van der Waals surface area contributed by atoms with Crippen LogP contribution in [0.25, 0.3) is 0 Å². The van der Waals surface area contributed by atoms with Crippen molar-refractivity contribution < 1.29 is 14.4 Å². The van der Waals surface area contributed by atoms with Crippen LogP contribution in [0.3, 0.4) is 0 Å².